The summed E-state index contributed by atoms with van der Waals surface area (Å²) in [7, 11) is 0. The highest BCUT2D eigenvalue weighted by Gasteiger charge is 2.23. The van der Waals surface area contributed by atoms with Crippen LogP contribution in [0.5, 0.6) is 0 Å². The van der Waals surface area contributed by atoms with E-state index in [0.29, 0.717) is 0 Å². The van der Waals surface area contributed by atoms with Gasteiger partial charge < -0.3 is 14.1 Å². The zero-order valence-corrected chi connectivity index (χ0v) is 16.4. The fourth-order valence-electron chi connectivity index (χ4n) is 3.97. The molecule has 0 saturated carbocycles. The molecule has 1 aromatic carbocycles. The van der Waals surface area contributed by atoms with E-state index >= 15 is 0 Å². The molecule has 2 aromatic heterocycles. The maximum Gasteiger partial charge on any atom is 0.108 e. The lowest BCUT2D eigenvalue weighted by molar-refractivity contribution is -0.00521. The summed E-state index contributed by atoms with van der Waals surface area (Å²) in [6.45, 7) is 10.1. The van der Waals surface area contributed by atoms with Crippen molar-refractivity contribution < 1.29 is 9.15 Å². The van der Waals surface area contributed by atoms with Crippen LogP contribution in [0, 0.1) is 13.8 Å². The molecule has 1 fully saturated rings. The van der Waals surface area contributed by atoms with Gasteiger partial charge >= 0.3 is 0 Å². The van der Waals surface area contributed by atoms with Crippen molar-refractivity contribution >= 4 is 5.69 Å². The average Bonchev–Trinajstić information content (AvgIpc) is 3.06. The van der Waals surface area contributed by atoms with Crippen LogP contribution in [-0.4, -0.2) is 30.3 Å². The maximum absolute atomic E-state index is 5.90. The second-order valence-electron chi connectivity index (χ2n) is 7.47. The van der Waals surface area contributed by atoms with Gasteiger partial charge in [0, 0.05) is 36.2 Å². The Labute approximate surface area is 160 Å². The molecule has 1 saturated heterocycles. The van der Waals surface area contributed by atoms with Crippen molar-refractivity contribution in [1.29, 1.82) is 0 Å². The van der Waals surface area contributed by atoms with Gasteiger partial charge in [0.25, 0.3) is 0 Å². The van der Waals surface area contributed by atoms with Crippen LogP contribution in [0.15, 0.2) is 53.3 Å². The normalized spacial score (nSPS) is 20.1. The van der Waals surface area contributed by atoms with Crippen LogP contribution < -0.4 is 4.90 Å². The molecule has 0 spiro atoms. The largest absolute Gasteiger partial charge is 0.469 e. The summed E-state index contributed by atoms with van der Waals surface area (Å²) >= 11 is 0. The molecule has 3 aromatic rings. The van der Waals surface area contributed by atoms with Gasteiger partial charge in [0.05, 0.1) is 18.5 Å². The van der Waals surface area contributed by atoms with Crippen LogP contribution in [0.2, 0.25) is 0 Å². The van der Waals surface area contributed by atoms with Gasteiger partial charge in [-0.2, -0.15) is 0 Å². The summed E-state index contributed by atoms with van der Waals surface area (Å²) in [5.74, 6) is 0.933. The zero-order chi connectivity index (χ0) is 19.0. The summed E-state index contributed by atoms with van der Waals surface area (Å²) < 4.78 is 11.5. The summed E-state index contributed by atoms with van der Waals surface area (Å²) in [5, 5.41) is 0. The second-order valence-corrected chi connectivity index (χ2v) is 7.47. The van der Waals surface area contributed by atoms with E-state index in [1.54, 1.807) is 6.26 Å². The highest BCUT2D eigenvalue weighted by atomic mass is 16.5. The van der Waals surface area contributed by atoms with Crippen LogP contribution in [0.3, 0.4) is 0 Å². The number of furan rings is 1. The number of rotatable bonds is 3. The van der Waals surface area contributed by atoms with Crippen molar-refractivity contribution in [2.24, 2.45) is 0 Å². The van der Waals surface area contributed by atoms with Crippen LogP contribution >= 0.6 is 0 Å². The number of anilines is 1. The predicted molar refractivity (Wildman–Crippen MR) is 109 cm³/mol. The fraction of sp³-hybridized carbons (Fsp3) is 0.348. The Morgan fingerprint density at radius 1 is 0.926 bits per heavy atom. The van der Waals surface area contributed by atoms with E-state index in [1.165, 1.54) is 22.4 Å². The van der Waals surface area contributed by atoms with Crippen molar-refractivity contribution in [2.75, 3.05) is 18.0 Å². The van der Waals surface area contributed by atoms with Gasteiger partial charge in [0.1, 0.15) is 5.76 Å². The minimum absolute atomic E-state index is 0.232. The highest BCUT2D eigenvalue weighted by Crippen LogP contribution is 2.37. The molecule has 3 heterocycles. The molecule has 0 radical (unpaired) electrons. The Balaban J connectivity index is 1.82. The van der Waals surface area contributed by atoms with Crippen LogP contribution in [0.25, 0.3) is 22.3 Å². The van der Waals surface area contributed by atoms with E-state index in [9.17, 15) is 0 Å². The van der Waals surface area contributed by atoms with Crippen LogP contribution in [-0.2, 0) is 4.74 Å². The number of morpholine rings is 1. The Kier molecular flexibility index (Phi) is 4.75. The summed E-state index contributed by atoms with van der Waals surface area (Å²) in [6.07, 6.45) is 4.10. The molecule has 4 nitrogen and oxygen atoms in total. The van der Waals surface area contributed by atoms with Crippen molar-refractivity contribution in [3.63, 3.8) is 0 Å². The van der Waals surface area contributed by atoms with E-state index in [0.717, 1.165) is 30.1 Å². The first-order valence-electron chi connectivity index (χ1n) is 9.53. The monoisotopic (exact) mass is 362 g/mol. The van der Waals surface area contributed by atoms with Crippen molar-refractivity contribution in [3.8, 4) is 22.3 Å². The smallest absolute Gasteiger partial charge is 0.108 e. The van der Waals surface area contributed by atoms with E-state index < -0.39 is 0 Å². The quantitative estimate of drug-likeness (QED) is 0.639. The third-order valence-electron chi connectivity index (χ3n) is 5.14. The molecule has 0 amide bonds. The van der Waals surface area contributed by atoms with Gasteiger partial charge in [-0.3, -0.25) is 4.98 Å². The van der Waals surface area contributed by atoms with Gasteiger partial charge in [-0.25, -0.2) is 0 Å². The SMILES string of the molecule is Cc1cc(-c2ccc(N3C[C@@H](C)O[C@@H](C)C3)cc2-c2ccoc2C)ccn1. The maximum atomic E-state index is 5.90. The van der Waals surface area contributed by atoms with E-state index in [1.807, 2.05) is 20.0 Å². The van der Waals surface area contributed by atoms with Gasteiger partial charge in [0.2, 0.25) is 0 Å². The zero-order valence-electron chi connectivity index (χ0n) is 16.4. The Morgan fingerprint density at radius 3 is 2.37 bits per heavy atom. The molecule has 0 aliphatic carbocycles. The summed E-state index contributed by atoms with van der Waals surface area (Å²) in [5.41, 5.74) is 6.94. The first-order valence-corrected chi connectivity index (χ1v) is 9.53. The molecule has 4 rings (SSSR count). The number of aromatic nitrogens is 1. The van der Waals surface area contributed by atoms with Crippen molar-refractivity contribution in [1.82, 2.24) is 4.98 Å². The number of pyridine rings is 1. The van der Waals surface area contributed by atoms with Crippen molar-refractivity contribution in [3.05, 3.63) is 60.3 Å². The molecule has 27 heavy (non-hydrogen) atoms. The minimum atomic E-state index is 0.232. The Morgan fingerprint density at radius 2 is 1.70 bits per heavy atom. The third-order valence-corrected chi connectivity index (χ3v) is 5.14. The molecule has 0 bridgehead atoms. The average molecular weight is 362 g/mol. The number of aryl methyl sites for hydroxylation is 2. The topological polar surface area (TPSA) is 38.5 Å². The Hall–Kier alpha value is -2.59. The van der Waals surface area contributed by atoms with Gasteiger partial charge in [-0.1, -0.05) is 6.07 Å². The first-order chi connectivity index (χ1) is 13.0. The molecule has 2 atom stereocenters. The molecular weight excluding hydrogens is 336 g/mol. The fourth-order valence-corrected chi connectivity index (χ4v) is 3.97. The number of benzene rings is 1. The lowest BCUT2D eigenvalue weighted by Crippen LogP contribution is -2.45. The first kappa shape index (κ1) is 17.8. The molecule has 4 heteroatoms. The number of hydrogen-bond donors (Lipinski definition) is 0. The molecule has 0 unspecified atom stereocenters. The number of ether oxygens (including phenoxy) is 1. The third kappa shape index (κ3) is 3.62. The van der Waals surface area contributed by atoms with Crippen molar-refractivity contribution in [2.45, 2.75) is 39.9 Å². The number of nitrogens with zero attached hydrogens (tertiary/aromatic N) is 2. The molecular formula is C23H26N2O2. The standard InChI is InChI=1S/C23H26N2O2/c1-15-11-19(7-9-24-15)22-6-5-20(25-13-16(2)27-17(3)14-25)12-23(22)21-8-10-26-18(21)4/h5-12,16-17H,13-14H2,1-4H3/t16-,17+. The lowest BCUT2D eigenvalue weighted by atomic mass is 9.94. The van der Waals surface area contributed by atoms with E-state index in [2.05, 4.69) is 60.1 Å². The summed E-state index contributed by atoms with van der Waals surface area (Å²) in [4.78, 5) is 6.76. The molecule has 1 aliphatic heterocycles. The van der Waals surface area contributed by atoms with E-state index in [4.69, 9.17) is 9.15 Å². The second kappa shape index (κ2) is 7.20. The van der Waals surface area contributed by atoms with Gasteiger partial charge in [-0.15, -0.1) is 0 Å². The molecule has 1 aliphatic rings. The lowest BCUT2D eigenvalue weighted by Gasteiger charge is -2.37. The van der Waals surface area contributed by atoms with Crippen LogP contribution in [0.1, 0.15) is 25.3 Å². The van der Waals surface area contributed by atoms with Gasteiger partial charge in [0.15, 0.2) is 0 Å². The summed E-state index contributed by atoms with van der Waals surface area (Å²) in [6, 6.07) is 13.0. The highest BCUT2D eigenvalue weighted by molar-refractivity contribution is 5.86. The van der Waals surface area contributed by atoms with Gasteiger partial charge in [-0.05, 0) is 74.7 Å². The molecule has 140 valence electrons. The van der Waals surface area contributed by atoms with Crippen LogP contribution in [0.4, 0.5) is 5.69 Å². The van der Waals surface area contributed by atoms with E-state index in [-0.39, 0.29) is 12.2 Å². The predicted octanol–water partition coefficient (Wildman–Crippen LogP) is 5.24. The Bertz CT molecular complexity index is 937. The molecule has 0 N–H and O–H groups in total. The number of hydrogen-bond acceptors (Lipinski definition) is 4. The minimum Gasteiger partial charge on any atom is -0.469 e.